The predicted octanol–water partition coefficient (Wildman–Crippen LogP) is 1.90. The van der Waals surface area contributed by atoms with Gasteiger partial charge < -0.3 is 10.7 Å². The van der Waals surface area contributed by atoms with Crippen LogP contribution in [0.3, 0.4) is 0 Å². The van der Waals surface area contributed by atoms with Crippen LogP contribution in [0.5, 0.6) is 0 Å². The molecule has 1 heterocycles. The Morgan fingerprint density at radius 1 is 1.45 bits per heavy atom. The van der Waals surface area contributed by atoms with Crippen LogP contribution in [0.4, 0.5) is 5.82 Å². The molecule has 0 fully saturated rings. The summed E-state index contributed by atoms with van der Waals surface area (Å²) < 4.78 is 0. The second-order valence-corrected chi connectivity index (χ2v) is 1.56. The van der Waals surface area contributed by atoms with Crippen LogP contribution in [0, 0.1) is 5.41 Å². The smallest absolute Gasteiger partial charge is 0.129 e. The van der Waals surface area contributed by atoms with E-state index in [2.05, 4.69) is 23.6 Å². The van der Waals surface area contributed by atoms with Gasteiger partial charge in [0, 0.05) is 6.20 Å². The first-order chi connectivity index (χ1) is 5.43. The fourth-order valence-corrected chi connectivity index (χ4v) is 0.553. The van der Waals surface area contributed by atoms with Crippen LogP contribution < -0.4 is 5.32 Å². The fourth-order valence-electron chi connectivity index (χ4n) is 0.553. The first-order valence-corrected chi connectivity index (χ1v) is 3.07. The van der Waals surface area contributed by atoms with Crippen LogP contribution in [0.25, 0.3) is 0 Å². The maximum absolute atomic E-state index is 5.50. The summed E-state index contributed by atoms with van der Waals surface area (Å²) in [6.07, 6.45) is 3.33. The molecule has 3 nitrogen and oxygen atoms in total. The third kappa shape index (κ3) is 3.86. The van der Waals surface area contributed by atoms with Gasteiger partial charge in [-0.15, -0.1) is 0 Å². The highest BCUT2D eigenvalue weighted by Gasteiger charge is 1.81. The maximum Gasteiger partial charge on any atom is 0.129 e. The highest BCUT2D eigenvalue weighted by atomic mass is 15.0. The molecule has 0 atom stereocenters. The monoisotopic (exact) mass is 149 g/mol. The van der Waals surface area contributed by atoms with E-state index in [4.69, 9.17) is 5.41 Å². The van der Waals surface area contributed by atoms with Crippen molar-refractivity contribution < 1.29 is 0 Å². The Morgan fingerprint density at radius 3 is 2.64 bits per heavy atom. The summed E-state index contributed by atoms with van der Waals surface area (Å²) in [6, 6.07) is 5.66. The van der Waals surface area contributed by atoms with Crippen LogP contribution in [0.1, 0.15) is 0 Å². The minimum Gasteiger partial charge on any atom is -0.347 e. The molecule has 0 aliphatic heterocycles. The normalized spacial score (nSPS) is 7.27. The van der Waals surface area contributed by atoms with E-state index in [1.54, 1.807) is 12.4 Å². The van der Waals surface area contributed by atoms with Crippen molar-refractivity contribution in [3.63, 3.8) is 0 Å². The predicted molar refractivity (Wildman–Crippen MR) is 47.9 cm³/mol. The van der Waals surface area contributed by atoms with E-state index < -0.39 is 0 Å². The third-order valence-electron chi connectivity index (χ3n) is 0.915. The molecule has 1 rings (SSSR count). The van der Waals surface area contributed by atoms with Gasteiger partial charge in [0.2, 0.25) is 0 Å². The Balaban J connectivity index is 0.000000461. The number of hydrogen-bond donors (Lipinski definition) is 2. The van der Waals surface area contributed by atoms with Crippen molar-refractivity contribution in [3.8, 4) is 0 Å². The highest BCUT2D eigenvalue weighted by Crippen LogP contribution is 1.97. The van der Waals surface area contributed by atoms with E-state index in [0.29, 0.717) is 0 Å². The number of aromatic nitrogens is 1. The SMILES string of the molecule is C=CNc1ccccn1.C=N. The molecule has 0 aliphatic rings. The van der Waals surface area contributed by atoms with E-state index >= 15 is 0 Å². The molecule has 2 N–H and O–H groups in total. The van der Waals surface area contributed by atoms with Crippen molar-refractivity contribution >= 4 is 12.5 Å². The van der Waals surface area contributed by atoms with Gasteiger partial charge in [0.15, 0.2) is 0 Å². The van der Waals surface area contributed by atoms with Gasteiger partial charge in [-0.2, -0.15) is 0 Å². The molecule has 1 aromatic rings. The number of hydrogen-bond acceptors (Lipinski definition) is 3. The Morgan fingerprint density at radius 2 is 2.18 bits per heavy atom. The maximum atomic E-state index is 5.50. The summed E-state index contributed by atoms with van der Waals surface area (Å²) in [4.78, 5) is 3.99. The van der Waals surface area contributed by atoms with Crippen molar-refractivity contribution in [3.05, 3.63) is 37.2 Å². The highest BCUT2D eigenvalue weighted by molar-refractivity contribution is 5.35. The molecule has 0 saturated carbocycles. The van der Waals surface area contributed by atoms with Crippen LogP contribution in [0.15, 0.2) is 37.2 Å². The second kappa shape index (κ2) is 6.48. The molecule has 11 heavy (non-hydrogen) atoms. The molecular formula is C8H11N3. The zero-order chi connectivity index (χ0) is 8.53. The summed E-state index contributed by atoms with van der Waals surface area (Å²) in [5.74, 6) is 0.826. The van der Waals surface area contributed by atoms with Crippen molar-refractivity contribution in [2.45, 2.75) is 0 Å². The third-order valence-corrected chi connectivity index (χ3v) is 0.915. The molecule has 1 aromatic heterocycles. The molecule has 58 valence electrons. The van der Waals surface area contributed by atoms with Crippen LogP contribution in [-0.4, -0.2) is 11.7 Å². The zero-order valence-electron chi connectivity index (χ0n) is 6.25. The Labute approximate surface area is 66.3 Å². The van der Waals surface area contributed by atoms with Gasteiger partial charge in [-0.25, -0.2) is 4.98 Å². The summed E-state index contributed by atoms with van der Waals surface area (Å²) in [7, 11) is 0. The Bertz CT molecular complexity index is 196. The number of nitrogens with one attached hydrogen (secondary N) is 2. The zero-order valence-corrected chi connectivity index (χ0v) is 6.25. The minimum atomic E-state index is 0.826. The van der Waals surface area contributed by atoms with E-state index in [9.17, 15) is 0 Å². The molecule has 0 bridgehead atoms. The molecule has 0 aliphatic carbocycles. The van der Waals surface area contributed by atoms with Gasteiger partial charge in [-0.05, 0) is 25.1 Å². The topological polar surface area (TPSA) is 48.8 Å². The van der Waals surface area contributed by atoms with Crippen molar-refractivity contribution in [2.24, 2.45) is 0 Å². The number of nitrogens with zero attached hydrogens (tertiary/aromatic N) is 1. The fraction of sp³-hybridized carbons (Fsp3) is 0. The first kappa shape index (κ1) is 9.36. The lowest BCUT2D eigenvalue weighted by Gasteiger charge is -1.94. The number of rotatable bonds is 2. The van der Waals surface area contributed by atoms with E-state index in [-0.39, 0.29) is 0 Å². The van der Waals surface area contributed by atoms with Crippen LogP contribution in [-0.2, 0) is 0 Å². The van der Waals surface area contributed by atoms with Crippen LogP contribution >= 0.6 is 0 Å². The molecule has 0 aromatic carbocycles. The van der Waals surface area contributed by atoms with Gasteiger partial charge in [0.25, 0.3) is 0 Å². The summed E-state index contributed by atoms with van der Waals surface area (Å²) in [6.45, 7) is 6.00. The van der Waals surface area contributed by atoms with Gasteiger partial charge >= 0.3 is 0 Å². The van der Waals surface area contributed by atoms with Crippen LogP contribution in [0.2, 0.25) is 0 Å². The summed E-state index contributed by atoms with van der Waals surface area (Å²) >= 11 is 0. The van der Waals surface area contributed by atoms with Gasteiger partial charge in [0.1, 0.15) is 5.82 Å². The molecular weight excluding hydrogens is 138 g/mol. The Kier molecular flexibility index (Phi) is 5.51. The van der Waals surface area contributed by atoms with E-state index in [0.717, 1.165) is 5.82 Å². The summed E-state index contributed by atoms with van der Waals surface area (Å²) in [5, 5.41) is 8.36. The average Bonchev–Trinajstić information content (AvgIpc) is 2.11. The second-order valence-electron chi connectivity index (χ2n) is 1.56. The Hall–Kier alpha value is -1.64. The average molecular weight is 149 g/mol. The van der Waals surface area contributed by atoms with Crippen molar-refractivity contribution in [1.29, 1.82) is 5.41 Å². The molecule has 0 amide bonds. The lowest BCUT2D eigenvalue weighted by Crippen LogP contribution is -1.87. The lowest BCUT2D eigenvalue weighted by atomic mass is 10.5. The molecule has 0 unspecified atom stereocenters. The largest absolute Gasteiger partial charge is 0.347 e. The molecule has 0 saturated heterocycles. The number of pyridine rings is 1. The minimum absolute atomic E-state index is 0.826. The van der Waals surface area contributed by atoms with Crippen molar-refractivity contribution in [1.82, 2.24) is 4.98 Å². The van der Waals surface area contributed by atoms with Crippen molar-refractivity contribution in [2.75, 3.05) is 5.32 Å². The van der Waals surface area contributed by atoms with E-state index in [1.807, 2.05) is 18.2 Å². The van der Waals surface area contributed by atoms with Gasteiger partial charge in [-0.3, -0.25) is 0 Å². The van der Waals surface area contributed by atoms with Gasteiger partial charge in [-0.1, -0.05) is 12.6 Å². The molecule has 0 spiro atoms. The van der Waals surface area contributed by atoms with E-state index in [1.165, 1.54) is 0 Å². The first-order valence-electron chi connectivity index (χ1n) is 3.07. The number of anilines is 1. The standard InChI is InChI=1S/C7H8N2.CH3N/c1-2-8-7-5-3-4-6-9-7;1-2/h2-6H,1H2,(H,8,9);2H,1H2. The summed E-state index contributed by atoms with van der Waals surface area (Å²) in [5.41, 5.74) is 0. The van der Waals surface area contributed by atoms with Gasteiger partial charge in [0.05, 0.1) is 0 Å². The quantitative estimate of drug-likeness (QED) is 0.631. The molecule has 0 radical (unpaired) electrons. The lowest BCUT2D eigenvalue weighted by molar-refractivity contribution is 1.31. The molecule has 3 heteroatoms.